The fourth-order valence-corrected chi connectivity index (χ4v) is 6.55. The molecule has 1 saturated heterocycles. The van der Waals surface area contributed by atoms with Gasteiger partial charge < -0.3 is 10.1 Å². The summed E-state index contributed by atoms with van der Waals surface area (Å²) in [5, 5.41) is 11.3. The minimum absolute atomic E-state index is 0.227. The van der Waals surface area contributed by atoms with Crippen LogP contribution in [-0.4, -0.2) is 59.9 Å². The van der Waals surface area contributed by atoms with Gasteiger partial charge in [0.05, 0.1) is 31.1 Å². The number of nitrogens with zero attached hydrogens (tertiary/aromatic N) is 4. The lowest BCUT2D eigenvalue weighted by Crippen LogP contribution is -2.40. The summed E-state index contributed by atoms with van der Waals surface area (Å²) in [6.07, 6.45) is 2.02. The Bertz CT molecular complexity index is 1210. The van der Waals surface area contributed by atoms with Crippen LogP contribution in [-0.2, 0) is 21.3 Å². The number of rotatable bonds is 7. The second-order valence-electron chi connectivity index (χ2n) is 7.76. The highest BCUT2D eigenvalue weighted by molar-refractivity contribution is 7.91. The molecule has 5 rings (SSSR count). The average molecular weight is 474 g/mol. The van der Waals surface area contributed by atoms with Crippen LogP contribution in [0.4, 0.5) is 0 Å². The molecule has 2 aliphatic rings. The number of nitrogens with one attached hydrogen (secondary N) is 1. The van der Waals surface area contributed by atoms with Gasteiger partial charge >= 0.3 is 0 Å². The average Bonchev–Trinajstić information content (AvgIpc) is 3.37. The first-order valence-electron chi connectivity index (χ1n) is 10.5. The summed E-state index contributed by atoms with van der Waals surface area (Å²) in [5.74, 6) is -0.0296. The molecule has 0 atom stereocenters. The third kappa shape index (κ3) is 4.20. The van der Waals surface area contributed by atoms with Gasteiger partial charge in [0, 0.05) is 23.9 Å². The first kappa shape index (κ1) is 21.3. The molecule has 1 aromatic carbocycles. The third-order valence-corrected chi connectivity index (χ3v) is 8.96. The lowest BCUT2D eigenvalue weighted by molar-refractivity contribution is 0.0731. The van der Waals surface area contributed by atoms with Gasteiger partial charge in [0.15, 0.2) is 5.69 Å². The van der Waals surface area contributed by atoms with Crippen molar-refractivity contribution in [3.05, 3.63) is 58.7 Å². The number of morpholine rings is 1. The predicted molar refractivity (Wildman–Crippen MR) is 118 cm³/mol. The van der Waals surface area contributed by atoms with Gasteiger partial charge in [-0.3, -0.25) is 4.79 Å². The molecule has 1 aliphatic carbocycles. The van der Waals surface area contributed by atoms with E-state index in [0.717, 1.165) is 29.1 Å². The maximum absolute atomic E-state index is 12.9. The zero-order valence-corrected chi connectivity index (χ0v) is 18.9. The van der Waals surface area contributed by atoms with Crippen molar-refractivity contribution in [1.82, 2.24) is 24.6 Å². The van der Waals surface area contributed by atoms with Gasteiger partial charge in [-0.2, -0.15) is 4.31 Å². The molecular weight excluding hydrogens is 450 g/mol. The van der Waals surface area contributed by atoms with Crippen LogP contribution in [0.25, 0.3) is 5.69 Å². The normalized spacial score (nSPS) is 17.4. The monoisotopic (exact) mass is 473 g/mol. The zero-order chi connectivity index (χ0) is 22.1. The number of sulfonamides is 1. The van der Waals surface area contributed by atoms with E-state index in [-0.39, 0.29) is 22.6 Å². The highest BCUT2D eigenvalue weighted by atomic mass is 32.2. The topological polar surface area (TPSA) is 106 Å². The number of thiophene rings is 1. The summed E-state index contributed by atoms with van der Waals surface area (Å²) in [6, 6.07) is 13.0. The Labute approximate surface area is 190 Å². The Morgan fingerprint density at radius 1 is 1.12 bits per heavy atom. The number of ether oxygens (including phenoxy) is 1. The number of hydrogen-bond acceptors (Lipinski definition) is 7. The van der Waals surface area contributed by atoms with Crippen molar-refractivity contribution in [3.8, 4) is 5.69 Å². The second kappa shape index (κ2) is 8.74. The van der Waals surface area contributed by atoms with E-state index in [1.165, 1.54) is 15.6 Å². The Hall–Kier alpha value is -2.60. The summed E-state index contributed by atoms with van der Waals surface area (Å²) in [5.41, 5.74) is 2.03. The number of hydrogen-bond donors (Lipinski definition) is 1. The fraction of sp³-hybridized carbons (Fsp3) is 0.381. The summed E-state index contributed by atoms with van der Waals surface area (Å²) in [6.45, 7) is 1.74. The minimum atomic E-state index is -3.54. The first-order chi connectivity index (χ1) is 15.5. The summed E-state index contributed by atoms with van der Waals surface area (Å²) in [4.78, 5) is 13.7. The predicted octanol–water partition coefficient (Wildman–Crippen LogP) is 2.16. The molecule has 1 aliphatic heterocycles. The number of amides is 1. The maximum Gasteiger partial charge on any atom is 0.274 e. The van der Waals surface area contributed by atoms with Crippen molar-refractivity contribution >= 4 is 27.3 Å². The molecule has 32 heavy (non-hydrogen) atoms. The molecule has 1 saturated carbocycles. The van der Waals surface area contributed by atoms with Crippen LogP contribution < -0.4 is 5.32 Å². The Balaban J connectivity index is 1.30. The van der Waals surface area contributed by atoms with E-state index in [2.05, 4.69) is 15.6 Å². The molecule has 0 spiro atoms. The van der Waals surface area contributed by atoms with Crippen molar-refractivity contribution in [2.75, 3.05) is 26.3 Å². The van der Waals surface area contributed by atoms with Crippen molar-refractivity contribution in [2.24, 2.45) is 0 Å². The molecule has 3 heterocycles. The third-order valence-electron chi connectivity index (χ3n) is 5.51. The highest BCUT2D eigenvalue weighted by Crippen LogP contribution is 2.42. The first-order valence-corrected chi connectivity index (χ1v) is 12.8. The summed E-state index contributed by atoms with van der Waals surface area (Å²) < 4.78 is 34.3. The van der Waals surface area contributed by atoms with Crippen LogP contribution in [0, 0.1) is 0 Å². The molecule has 0 bridgehead atoms. The van der Waals surface area contributed by atoms with Gasteiger partial charge in [-0.15, -0.1) is 16.4 Å². The van der Waals surface area contributed by atoms with E-state index in [0.29, 0.717) is 32.0 Å². The van der Waals surface area contributed by atoms with Crippen LogP contribution in [0.15, 0.2) is 46.7 Å². The second-order valence-corrected chi connectivity index (χ2v) is 11.1. The molecule has 3 aromatic rings. The maximum atomic E-state index is 12.9. The molecule has 11 heteroatoms. The summed E-state index contributed by atoms with van der Waals surface area (Å²) >= 11 is 1.17. The van der Waals surface area contributed by atoms with Crippen LogP contribution >= 0.6 is 11.3 Å². The Morgan fingerprint density at radius 3 is 2.59 bits per heavy atom. The number of para-hydroxylation sites is 1. The Kier molecular flexibility index (Phi) is 5.80. The molecule has 1 N–H and O–H groups in total. The smallest absolute Gasteiger partial charge is 0.274 e. The van der Waals surface area contributed by atoms with Crippen LogP contribution in [0.2, 0.25) is 0 Å². The molecule has 0 unspecified atom stereocenters. The van der Waals surface area contributed by atoms with Crippen molar-refractivity contribution < 1.29 is 17.9 Å². The fourth-order valence-electron chi connectivity index (χ4n) is 3.69. The lowest BCUT2D eigenvalue weighted by atomic mass is 10.2. The molecule has 2 fully saturated rings. The van der Waals surface area contributed by atoms with Gasteiger partial charge in [-0.25, -0.2) is 13.1 Å². The molecule has 1 amide bonds. The van der Waals surface area contributed by atoms with Gasteiger partial charge in [-0.1, -0.05) is 23.4 Å². The van der Waals surface area contributed by atoms with E-state index in [1.54, 1.807) is 16.8 Å². The number of benzene rings is 1. The van der Waals surface area contributed by atoms with Gasteiger partial charge in [0.25, 0.3) is 15.9 Å². The van der Waals surface area contributed by atoms with Crippen molar-refractivity contribution in [3.63, 3.8) is 0 Å². The van der Waals surface area contributed by atoms with Gasteiger partial charge in [0.2, 0.25) is 0 Å². The minimum Gasteiger partial charge on any atom is -0.379 e. The largest absolute Gasteiger partial charge is 0.379 e. The molecule has 9 nitrogen and oxygen atoms in total. The molecule has 2 aromatic heterocycles. The van der Waals surface area contributed by atoms with Crippen molar-refractivity contribution in [2.45, 2.75) is 29.5 Å². The molecular formula is C21H23N5O4S2. The molecule has 168 valence electrons. The summed E-state index contributed by atoms with van der Waals surface area (Å²) in [7, 11) is -3.54. The number of aromatic nitrogens is 3. The lowest BCUT2D eigenvalue weighted by Gasteiger charge is -2.25. The number of carbonyl (C=O) groups is 1. The van der Waals surface area contributed by atoms with E-state index >= 15 is 0 Å². The van der Waals surface area contributed by atoms with E-state index in [9.17, 15) is 13.2 Å². The van der Waals surface area contributed by atoms with E-state index < -0.39 is 10.0 Å². The van der Waals surface area contributed by atoms with Gasteiger partial charge in [-0.05, 0) is 37.1 Å². The SMILES string of the molecule is O=C(NCc1ccc(S(=O)(=O)N2CCOCC2)s1)c1nnn(-c2ccccc2)c1C1CC1. The van der Waals surface area contributed by atoms with Crippen LogP contribution in [0.5, 0.6) is 0 Å². The van der Waals surface area contributed by atoms with E-state index in [1.807, 2.05) is 30.3 Å². The van der Waals surface area contributed by atoms with Crippen LogP contribution in [0.1, 0.15) is 39.8 Å². The van der Waals surface area contributed by atoms with E-state index in [4.69, 9.17) is 4.74 Å². The zero-order valence-electron chi connectivity index (χ0n) is 17.3. The number of carbonyl (C=O) groups excluding carboxylic acids is 1. The Morgan fingerprint density at radius 2 is 1.88 bits per heavy atom. The highest BCUT2D eigenvalue weighted by Gasteiger charge is 2.34. The quantitative estimate of drug-likeness (QED) is 0.564. The van der Waals surface area contributed by atoms with Crippen LogP contribution in [0.3, 0.4) is 0 Å². The molecule has 0 radical (unpaired) electrons. The standard InChI is InChI=1S/C21H23N5O4S2/c27-21(19-20(15-6-7-15)26(24-23-19)16-4-2-1-3-5-16)22-14-17-8-9-18(31-17)32(28,29)25-10-12-30-13-11-25/h1-5,8-9,15H,6-7,10-14H2,(H,22,27). The van der Waals surface area contributed by atoms with Gasteiger partial charge in [0.1, 0.15) is 4.21 Å². The van der Waals surface area contributed by atoms with Crippen molar-refractivity contribution in [1.29, 1.82) is 0 Å².